The summed E-state index contributed by atoms with van der Waals surface area (Å²) in [7, 11) is 1.49. The number of halogens is 4. The molecule has 3 aromatic rings. The molecule has 8 heteroatoms. The highest BCUT2D eigenvalue weighted by Gasteiger charge is 2.16. The lowest BCUT2D eigenvalue weighted by molar-refractivity contribution is 0.178. The topological polar surface area (TPSA) is 40.2 Å². The fourth-order valence-electron chi connectivity index (χ4n) is 2.89. The van der Waals surface area contributed by atoms with Gasteiger partial charge in [-0.3, -0.25) is 4.98 Å². The van der Waals surface area contributed by atoms with Gasteiger partial charge in [-0.25, -0.2) is 23.0 Å². The molecule has 1 aromatic heterocycles. The molecule has 3 rings (SSSR count). The molecular weight excluding hydrogens is 444 g/mol. The summed E-state index contributed by atoms with van der Waals surface area (Å²) in [4.78, 5) is 5.78. The van der Waals surface area contributed by atoms with Gasteiger partial charge in [-0.15, -0.1) is 0 Å². The summed E-state index contributed by atoms with van der Waals surface area (Å²) in [6.07, 6.45) is 2.41. The summed E-state index contributed by atoms with van der Waals surface area (Å²) in [6, 6.07) is 14.7. The second kappa shape index (κ2) is 13.0. The van der Waals surface area contributed by atoms with Gasteiger partial charge in [0.1, 0.15) is 11.6 Å². The maximum atomic E-state index is 14.5. The van der Waals surface area contributed by atoms with Crippen LogP contribution in [0.2, 0.25) is 0 Å². The lowest BCUT2D eigenvalue weighted by Crippen LogP contribution is -2.29. The van der Waals surface area contributed by atoms with E-state index in [0.717, 1.165) is 5.56 Å². The molecule has 0 spiro atoms. The van der Waals surface area contributed by atoms with E-state index in [1.807, 2.05) is 12.1 Å². The summed E-state index contributed by atoms with van der Waals surface area (Å²) in [5.74, 6) is -0.705. The van der Waals surface area contributed by atoms with Crippen LogP contribution in [-0.2, 0) is 6.54 Å². The molecule has 2 aromatic carbocycles. The normalized spacial score (nSPS) is 10.2. The quantitative estimate of drug-likeness (QED) is 0.290. The van der Waals surface area contributed by atoms with E-state index in [2.05, 4.69) is 35.6 Å². The third-order valence-corrected chi connectivity index (χ3v) is 4.65. The van der Waals surface area contributed by atoms with Gasteiger partial charge in [-0.05, 0) is 42.0 Å². The third-order valence-electron chi connectivity index (χ3n) is 4.65. The molecule has 4 nitrogen and oxygen atoms in total. The van der Waals surface area contributed by atoms with Crippen LogP contribution in [-0.4, -0.2) is 18.5 Å². The van der Waals surface area contributed by atoms with Gasteiger partial charge >= 0.3 is 0 Å². The Balaban J connectivity index is 0.000000440. The molecule has 2 N–H and O–H groups in total. The molecule has 0 radical (unpaired) electrons. The molecule has 0 atom stereocenters. The number of nitrogens with zero attached hydrogens (tertiary/aromatic N) is 2. The van der Waals surface area contributed by atoms with Crippen molar-refractivity contribution in [1.82, 2.24) is 15.8 Å². The number of aromatic nitrogens is 1. The first-order chi connectivity index (χ1) is 16.3. The summed E-state index contributed by atoms with van der Waals surface area (Å²) in [5.41, 5.74) is 7.40. The van der Waals surface area contributed by atoms with Gasteiger partial charge in [0, 0.05) is 42.0 Å². The van der Waals surface area contributed by atoms with Crippen molar-refractivity contribution in [2.75, 3.05) is 11.9 Å². The van der Waals surface area contributed by atoms with Gasteiger partial charge in [0.15, 0.2) is 0 Å². The predicted octanol–water partition coefficient (Wildman–Crippen LogP) is 6.17. The smallest absolute Gasteiger partial charge is 0.278 e. The van der Waals surface area contributed by atoms with E-state index in [4.69, 9.17) is 0 Å². The molecule has 0 fully saturated rings. The van der Waals surface area contributed by atoms with E-state index in [-0.39, 0.29) is 23.9 Å². The summed E-state index contributed by atoms with van der Waals surface area (Å²) < 4.78 is 51.1. The third kappa shape index (κ3) is 7.60. The van der Waals surface area contributed by atoms with E-state index in [0.29, 0.717) is 22.5 Å². The molecule has 0 aliphatic carbocycles. The number of pyridine rings is 1. The first-order valence-electron chi connectivity index (χ1n) is 10.2. The van der Waals surface area contributed by atoms with Crippen LogP contribution < -0.4 is 15.8 Å². The number of allylic oxidation sites excluding steroid dienone is 1. The number of anilines is 1. The highest BCUT2D eigenvalue weighted by atomic mass is 19.3. The van der Waals surface area contributed by atoms with Gasteiger partial charge < -0.3 is 10.3 Å². The van der Waals surface area contributed by atoms with Crippen molar-refractivity contribution in [3.05, 3.63) is 121 Å². The van der Waals surface area contributed by atoms with Gasteiger partial charge in [-0.1, -0.05) is 44.0 Å². The van der Waals surface area contributed by atoms with Crippen molar-refractivity contribution in [2.45, 2.75) is 13.0 Å². The minimum absolute atomic E-state index is 0.216. The van der Waals surface area contributed by atoms with Crippen LogP contribution in [0, 0.1) is 11.6 Å². The molecule has 34 heavy (non-hydrogen) atoms. The molecule has 178 valence electrons. The first-order valence-corrected chi connectivity index (χ1v) is 10.2. The van der Waals surface area contributed by atoms with Crippen molar-refractivity contribution in [1.29, 1.82) is 0 Å². The maximum Gasteiger partial charge on any atom is 0.278 e. The van der Waals surface area contributed by atoms with Crippen molar-refractivity contribution < 1.29 is 17.6 Å². The predicted molar refractivity (Wildman–Crippen MR) is 130 cm³/mol. The summed E-state index contributed by atoms with van der Waals surface area (Å²) >= 11 is 0. The Kier molecular flexibility index (Phi) is 10.0. The van der Waals surface area contributed by atoms with Crippen LogP contribution in [0.1, 0.15) is 16.7 Å². The van der Waals surface area contributed by atoms with Crippen LogP contribution in [0.5, 0.6) is 0 Å². The van der Waals surface area contributed by atoms with Crippen LogP contribution in [0.3, 0.4) is 0 Å². The maximum absolute atomic E-state index is 14.5. The van der Waals surface area contributed by atoms with E-state index in [9.17, 15) is 17.6 Å². The van der Waals surface area contributed by atoms with Crippen LogP contribution in [0.4, 0.5) is 23.2 Å². The molecule has 0 amide bonds. The number of hydrogen-bond acceptors (Lipinski definition) is 4. The standard InChI is InChI=1S/C22H18F2N2.C4H8F2N2/c1-3-17-7-8-19(22(24)13-17)15-26(21-6-4-5-20(23)14-21)16(2)18-9-11-25-12-10-18;1-3(4(5)6)8-7-2/h3-14H,1-2,15H2;4,7-8H,1H2,2H3. The minimum Gasteiger partial charge on any atom is -0.337 e. The Labute approximate surface area is 196 Å². The van der Waals surface area contributed by atoms with E-state index >= 15 is 0 Å². The van der Waals surface area contributed by atoms with E-state index in [1.54, 1.807) is 47.6 Å². The van der Waals surface area contributed by atoms with Crippen LogP contribution in [0.25, 0.3) is 11.8 Å². The molecule has 0 bridgehead atoms. The monoisotopic (exact) mass is 470 g/mol. The van der Waals surface area contributed by atoms with Gasteiger partial charge in [0.25, 0.3) is 6.43 Å². The van der Waals surface area contributed by atoms with Crippen molar-refractivity contribution in [3.63, 3.8) is 0 Å². The molecule has 1 heterocycles. The Morgan fingerprint density at radius 2 is 1.76 bits per heavy atom. The molecule has 0 saturated heterocycles. The second-order valence-corrected chi connectivity index (χ2v) is 7.00. The number of hydrazine groups is 1. The summed E-state index contributed by atoms with van der Waals surface area (Å²) in [6.45, 7) is 11.0. The average molecular weight is 471 g/mol. The highest BCUT2D eigenvalue weighted by molar-refractivity contribution is 5.77. The largest absolute Gasteiger partial charge is 0.337 e. The molecular formula is C26H26F4N4. The molecule has 0 aliphatic heterocycles. The fraction of sp³-hybridized carbons (Fsp3) is 0.115. The van der Waals surface area contributed by atoms with Gasteiger partial charge in [-0.2, -0.15) is 0 Å². The zero-order chi connectivity index (χ0) is 25.1. The van der Waals surface area contributed by atoms with E-state index < -0.39 is 6.43 Å². The van der Waals surface area contributed by atoms with E-state index in [1.165, 1.54) is 25.2 Å². The number of benzene rings is 2. The van der Waals surface area contributed by atoms with Crippen molar-refractivity contribution in [3.8, 4) is 0 Å². The SMILES string of the molecule is C=C(NNC)C(F)F.C=Cc1ccc(CN(C(=C)c2ccncc2)c2cccc(F)c2)c(F)c1. The molecule has 0 unspecified atom stereocenters. The zero-order valence-corrected chi connectivity index (χ0v) is 18.7. The van der Waals surface area contributed by atoms with Gasteiger partial charge in [0.05, 0.1) is 12.2 Å². The van der Waals surface area contributed by atoms with Crippen molar-refractivity contribution >= 4 is 17.5 Å². The minimum atomic E-state index is -2.50. The Morgan fingerprint density at radius 1 is 1.06 bits per heavy atom. The summed E-state index contributed by atoms with van der Waals surface area (Å²) in [5, 5.41) is 0. The van der Waals surface area contributed by atoms with Crippen LogP contribution >= 0.6 is 0 Å². The first kappa shape index (κ1) is 26.3. The Bertz CT molecular complexity index is 1120. The number of nitrogens with one attached hydrogen (secondary N) is 2. The number of rotatable bonds is 9. The second-order valence-electron chi connectivity index (χ2n) is 7.00. The highest BCUT2D eigenvalue weighted by Crippen LogP contribution is 2.28. The molecule has 0 aliphatic rings. The average Bonchev–Trinajstić information content (AvgIpc) is 2.84. The molecule has 0 saturated carbocycles. The Hall–Kier alpha value is -3.91. The van der Waals surface area contributed by atoms with Crippen molar-refractivity contribution in [2.24, 2.45) is 0 Å². The zero-order valence-electron chi connectivity index (χ0n) is 18.7. The lowest BCUT2D eigenvalue weighted by atomic mass is 10.1. The lowest BCUT2D eigenvalue weighted by Gasteiger charge is -2.27. The number of hydrogen-bond donors (Lipinski definition) is 2. The fourth-order valence-corrected chi connectivity index (χ4v) is 2.89. The number of alkyl halides is 2. The van der Waals surface area contributed by atoms with Gasteiger partial charge in [0.2, 0.25) is 0 Å². The Morgan fingerprint density at radius 3 is 2.29 bits per heavy atom. The van der Waals surface area contributed by atoms with Crippen LogP contribution in [0.15, 0.2) is 92.4 Å².